The predicted octanol–water partition coefficient (Wildman–Crippen LogP) is 5.56. The molecule has 0 unspecified atom stereocenters. The van der Waals surface area contributed by atoms with Gasteiger partial charge in [-0.2, -0.15) is 0 Å². The number of nitrogens with zero attached hydrogens (tertiary/aromatic N) is 3. The Morgan fingerprint density at radius 2 is 1.79 bits per heavy atom. The highest BCUT2D eigenvalue weighted by Gasteiger charge is 2.17. The van der Waals surface area contributed by atoms with Crippen LogP contribution in [0.5, 0.6) is 0 Å². The summed E-state index contributed by atoms with van der Waals surface area (Å²) in [5.41, 5.74) is 4.47. The number of pyridine rings is 1. The van der Waals surface area contributed by atoms with Crippen molar-refractivity contribution in [1.29, 1.82) is 0 Å². The number of hydrogen-bond acceptors (Lipinski definition) is 3. The van der Waals surface area contributed by atoms with Crippen LogP contribution in [-0.2, 0) is 12.8 Å². The fraction of sp³-hybridized carbons (Fsp3) is 0.522. The van der Waals surface area contributed by atoms with Crippen LogP contribution in [-0.4, -0.2) is 42.6 Å². The second-order valence-corrected chi connectivity index (χ2v) is 8.07. The molecule has 1 fully saturated rings. The Hall–Kier alpha value is -1.29. The molecule has 0 spiro atoms. The summed E-state index contributed by atoms with van der Waals surface area (Å²) in [6.45, 7) is 9.91. The molecule has 1 aromatic carbocycles. The Bertz CT molecular complexity index is 710. The largest absolute Gasteiger partial charge is 0.354 e. The number of aromatic nitrogens is 1. The van der Waals surface area contributed by atoms with Gasteiger partial charge in [-0.3, -0.25) is 4.90 Å². The zero-order valence-electron chi connectivity index (χ0n) is 17.2. The first-order chi connectivity index (χ1) is 13.2. The number of unbranched alkanes of at least 4 members (excludes halogenated alkanes) is 2. The lowest BCUT2D eigenvalue weighted by Gasteiger charge is -2.35. The van der Waals surface area contributed by atoms with E-state index in [9.17, 15) is 0 Å². The molecule has 0 radical (unpaired) electrons. The Balaban J connectivity index is 0.00000280. The minimum absolute atomic E-state index is 0. The van der Waals surface area contributed by atoms with Gasteiger partial charge in [0.1, 0.15) is 5.82 Å². The Morgan fingerprint density at radius 1 is 1.00 bits per heavy atom. The molecule has 2 heterocycles. The van der Waals surface area contributed by atoms with Crippen molar-refractivity contribution >= 4 is 29.8 Å². The van der Waals surface area contributed by atoms with Crippen LogP contribution < -0.4 is 4.90 Å². The van der Waals surface area contributed by atoms with Crippen LogP contribution in [0.3, 0.4) is 0 Å². The monoisotopic (exact) mass is 421 g/mol. The fourth-order valence-corrected chi connectivity index (χ4v) is 3.87. The summed E-state index contributed by atoms with van der Waals surface area (Å²) >= 11 is 5.94. The van der Waals surface area contributed by atoms with Crippen molar-refractivity contribution in [1.82, 2.24) is 9.88 Å². The summed E-state index contributed by atoms with van der Waals surface area (Å²) in [6, 6.07) is 11.0. The Labute approximate surface area is 181 Å². The van der Waals surface area contributed by atoms with Crippen molar-refractivity contribution in [2.75, 3.05) is 37.6 Å². The third kappa shape index (κ3) is 6.65. The molecule has 1 aliphatic heterocycles. The van der Waals surface area contributed by atoms with Crippen LogP contribution in [0, 0.1) is 6.92 Å². The minimum atomic E-state index is 0. The third-order valence-corrected chi connectivity index (χ3v) is 5.81. The first-order valence-corrected chi connectivity index (χ1v) is 10.7. The normalized spacial score (nSPS) is 14.8. The molecule has 1 aromatic heterocycles. The molecule has 3 rings (SSSR count). The number of halogens is 2. The van der Waals surface area contributed by atoms with Crippen LogP contribution in [0.1, 0.15) is 42.9 Å². The SMILES string of the molecule is CCCCCc1cc(CCN2CCN(c3ccc(Cl)cn3)CC2)ccc1C.Cl. The maximum absolute atomic E-state index is 5.94. The van der Waals surface area contributed by atoms with Gasteiger partial charge in [-0.25, -0.2) is 4.98 Å². The molecule has 0 atom stereocenters. The van der Waals surface area contributed by atoms with E-state index in [2.05, 4.69) is 46.8 Å². The number of aryl methyl sites for hydroxylation is 2. The van der Waals surface area contributed by atoms with Gasteiger partial charge in [0.25, 0.3) is 0 Å². The van der Waals surface area contributed by atoms with Crippen LogP contribution in [0.25, 0.3) is 0 Å². The quantitative estimate of drug-likeness (QED) is 0.519. The number of rotatable bonds is 8. The van der Waals surface area contributed by atoms with Crippen molar-refractivity contribution in [3.63, 3.8) is 0 Å². The first kappa shape index (κ1) is 23.0. The van der Waals surface area contributed by atoms with Gasteiger partial charge in [-0.05, 0) is 55.0 Å². The molecule has 0 saturated carbocycles. The topological polar surface area (TPSA) is 19.4 Å². The second-order valence-electron chi connectivity index (χ2n) is 7.63. The lowest BCUT2D eigenvalue weighted by atomic mass is 9.98. The fourth-order valence-electron chi connectivity index (χ4n) is 3.76. The van der Waals surface area contributed by atoms with E-state index >= 15 is 0 Å². The van der Waals surface area contributed by atoms with Crippen molar-refractivity contribution in [2.45, 2.75) is 46.0 Å². The predicted molar refractivity (Wildman–Crippen MR) is 123 cm³/mol. The lowest BCUT2D eigenvalue weighted by molar-refractivity contribution is 0.260. The molecular weight excluding hydrogens is 389 g/mol. The molecule has 1 aliphatic rings. The van der Waals surface area contributed by atoms with Gasteiger partial charge in [0, 0.05) is 38.9 Å². The molecule has 28 heavy (non-hydrogen) atoms. The van der Waals surface area contributed by atoms with E-state index in [0.717, 1.165) is 45.0 Å². The van der Waals surface area contributed by atoms with E-state index in [1.807, 2.05) is 12.1 Å². The first-order valence-electron chi connectivity index (χ1n) is 10.3. The van der Waals surface area contributed by atoms with Gasteiger partial charge < -0.3 is 4.90 Å². The summed E-state index contributed by atoms with van der Waals surface area (Å²) < 4.78 is 0. The maximum Gasteiger partial charge on any atom is 0.128 e. The van der Waals surface area contributed by atoms with Gasteiger partial charge >= 0.3 is 0 Å². The van der Waals surface area contributed by atoms with Crippen LogP contribution >= 0.6 is 24.0 Å². The summed E-state index contributed by atoms with van der Waals surface area (Å²) in [5.74, 6) is 1.04. The van der Waals surface area contributed by atoms with Crippen molar-refractivity contribution in [3.8, 4) is 0 Å². The molecule has 0 amide bonds. The summed E-state index contributed by atoms with van der Waals surface area (Å²) in [6.07, 6.45) is 8.02. The Morgan fingerprint density at radius 3 is 2.46 bits per heavy atom. The van der Waals surface area contributed by atoms with E-state index < -0.39 is 0 Å². The van der Waals surface area contributed by atoms with Gasteiger partial charge in [0.2, 0.25) is 0 Å². The average molecular weight is 422 g/mol. The zero-order valence-corrected chi connectivity index (χ0v) is 18.7. The highest BCUT2D eigenvalue weighted by Crippen LogP contribution is 2.18. The Kier molecular flexibility index (Phi) is 9.57. The third-order valence-electron chi connectivity index (χ3n) is 5.59. The molecule has 0 N–H and O–H groups in total. The summed E-state index contributed by atoms with van der Waals surface area (Å²) in [7, 11) is 0. The zero-order chi connectivity index (χ0) is 19.1. The van der Waals surface area contributed by atoms with Gasteiger partial charge in [-0.1, -0.05) is 49.6 Å². The van der Waals surface area contributed by atoms with Gasteiger partial charge in [-0.15, -0.1) is 12.4 Å². The number of benzene rings is 1. The van der Waals surface area contributed by atoms with Crippen LogP contribution in [0.2, 0.25) is 5.02 Å². The minimum Gasteiger partial charge on any atom is -0.354 e. The van der Waals surface area contributed by atoms with Crippen molar-refractivity contribution in [2.24, 2.45) is 0 Å². The highest BCUT2D eigenvalue weighted by atomic mass is 35.5. The van der Waals surface area contributed by atoms with Crippen LogP contribution in [0.15, 0.2) is 36.5 Å². The second kappa shape index (κ2) is 11.6. The number of hydrogen-bond donors (Lipinski definition) is 0. The van der Waals surface area contributed by atoms with Gasteiger partial charge in [0.15, 0.2) is 0 Å². The summed E-state index contributed by atoms with van der Waals surface area (Å²) in [4.78, 5) is 9.37. The van der Waals surface area contributed by atoms with E-state index in [1.54, 1.807) is 11.8 Å². The molecule has 3 nitrogen and oxygen atoms in total. The molecule has 1 saturated heterocycles. The van der Waals surface area contributed by atoms with E-state index in [0.29, 0.717) is 5.02 Å². The highest BCUT2D eigenvalue weighted by molar-refractivity contribution is 6.30. The maximum atomic E-state index is 5.94. The van der Waals surface area contributed by atoms with Crippen LogP contribution in [0.4, 0.5) is 5.82 Å². The number of piperazine rings is 1. The van der Waals surface area contributed by atoms with Crippen molar-refractivity contribution in [3.05, 3.63) is 58.2 Å². The van der Waals surface area contributed by atoms with E-state index in [-0.39, 0.29) is 12.4 Å². The van der Waals surface area contributed by atoms with E-state index in [1.165, 1.54) is 36.8 Å². The summed E-state index contributed by atoms with van der Waals surface area (Å²) in [5, 5.41) is 0.699. The molecule has 5 heteroatoms. The molecule has 0 aliphatic carbocycles. The smallest absolute Gasteiger partial charge is 0.128 e. The van der Waals surface area contributed by atoms with Crippen molar-refractivity contribution < 1.29 is 0 Å². The van der Waals surface area contributed by atoms with E-state index in [4.69, 9.17) is 11.6 Å². The van der Waals surface area contributed by atoms with Gasteiger partial charge in [0.05, 0.1) is 5.02 Å². The molecule has 2 aromatic rings. The number of anilines is 1. The lowest BCUT2D eigenvalue weighted by Crippen LogP contribution is -2.47. The molecular formula is C23H33Cl2N3. The average Bonchev–Trinajstić information content (AvgIpc) is 2.69. The standard InChI is InChI=1S/C23H32ClN3.ClH/c1-3-4-5-6-21-17-20(8-7-19(21)2)11-12-26-13-15-27(16-14-26)23-10-9-22(24)18-25-23;/h7-10,17-18H,3-6,11-16H2,1-2H3;1H. The molecule has 154 valence electrons. The molecule has 0 bridgehead atoms.